The van der Waals surface area contributed by atoms with Gasteiger partial charge >= 0.3 is 0 Å². The van der Waals surface area contributed by atoms with Gasteiger partial charge in [-0.1, -0.05) is 11.8 Å². The normalized spacial score (nSPS) is 10.1. The summed E-state index contributed by atoms with van der Waals surface area (Å²) in [5.74, 6) is 4.49. The van der Waals surface area contributed by atoms with Gasteiger partial charge in [-0.15, -0.1) is 0 Å². The summed E-state index contributed by atoms with van der Waals surface area (Å²) in [5.41, 5.74) is 5.87. The number of nitrogens with two attached hydrogens (primary N) is 1. The number of rotatable bonds is 5. The van der Waals surface area contributed by atoms with E-state index in [-0.39, 0.29) is 12.1 Å². The highest BCUT2D eigenvalue weighted by Gasteiger charge is 2.11. The fraction of sp³-hybridized carbons (Fsp3) is 0.400. The summed E-state index contributed by atoms with van der Waals surface area (Å²) in [6.07, 6.45) is 0.813. The summed E-state index contributed by atoms with van der Waals surface area (Å²) in [6.45, 7) is 1.60. The molecule has 1 aromatic rings. The van der Waals surface area contributed by atoms with E-state index in [1.807, 2.05) is 19.0 Å². The van der Waals surface area contributed by atoms with Gasteiger partial charge in [0.2, 0.25) is 0 Å². The van der Waals surface area contributed by atoms with Crippen LogP contribution in [0.4, 0.5) is 4.39 Å². The number of carbonyl (C=O) groups is 1. The minimum absolute atomic E-state index is 0.0127. The molecule has 0 fully saturated rings. The molecule has 0 aliphatic heterocycles. The molecule has 0 aliphatic carbocycles. The zero-order chi connectivity index (χ0) is 15.0. The van der Waals surface area contributed by atoms with E-state index in [4.69, 9.17) is 5.73 Å². The molecular formula is C15H20FN3O. The van der Waals surface area contributed by atoms with Gasteiger partial charge in [-0.3, -0.25) is 4.79 Å². The first kappa shape index (κ1) is 16.2. The van der Waals surface area contributed by atoms with E-state index < -0.39 is 11.7 Å². The molecule has 20 heavy (non-hydrogen) atoms. The predicted molar refractivity (Wildman–Crippen MR) is 77.8 cm³/mol. The van der Waals surface area contributed by atoms with Crippen molar-refractivity contribution in [3.8, 4) is 11.8 Å². The maximum absolute atomic E-state index is 13.6. The lowest BCUT2D eigenvalue weighted by Crippen LogP contribution is -2.27. The molecule has 0 heterocycles. The maximum atomic E-state index is 13.6. The van der Waals surface area contributed by atoms with Crippen molar-refractivity contribution in [2.75, 3.05) is 33.7 Å². The van der Waals surface area contributed by atoms with Crippen molar-refractivity contribution in [2.24, 2.45) is 5.73 Å². The van der Waals surface area contributed by atoms with Crippen LogP contribution in [0.5, 0.6) is 0 Å². The van der Waals surface area contributed by atoms with Gasteiger partial charge in [-0.25, -0.2) is 4.39 Å². The molecule has 0 aliphatic rings. The molecule has 0 bridgehead atoms. The molecule has 3 N–H and O–H groups in total. The first-order valence-electron chi connectivity index (χ1n) is 6.46. The Bertz CT molecular complexity index is 518. The van der Waals surface area contributed by atoms with Gasteiger partial charge in [-0.05, 0) is 45.3 Å². The SMILES string of the molecule is CN(C)CCCNC(=O)c1cc(C#CCN)ccc1F. The molecule has 0 spiro atoms. The number of halogens is 1. The third-order valence-electron chi connectivity index (χ3n) is 2.61. The molecule has 0 aromatic heterocycles. The van der Waals surface area contributed by atoms with Crippen LogP contribution in [-0.4, -0.2) is 44.5 Å². The second kappa shape index (κ2) is 8.31. The lowest BCUT2D eigenvalue weighted by Gasteiger charge is -2.10. The first-order chi connectivity index (χ1) is 9.54. The largest absolute Gasteiger partial charge is 0.352 e. The second-order valence-electron chi connectivity index (χ2n) is 4.61. The van der Waals surface area contributed by atoms with Crippen molar-refractivity contribution in [1.29, 1.82) is 0 Å². The van der Waals surface area contributed by atoms with E-state index in [2.05, 4.69) is 17.2 Å². The Morgan fingerprint density at radius 2 is 2.20 bits per heavy atom. The molecule has 0 radical (unpaired) electrons. The summed E-state index contributed by atoms with van der Waals surface area (Å²) in [4.78, 5) is 13.9. The van der Waals surface area contributed by atoms with Gasteiger partial charge in [0.15, 0.2) is 0 Å². The summed E-state index contributed by atoms with van der Waals surface area (Å²) >= 11 is 0. The van der Waals surface area contributed by atoms with Crippen molar-refractivity contribution >= 4 is 5.91 Å². The lowest BCUT2D eigenvalue weighted by atomic mass is 10.1. The second-order valence-corrected chi connectivity index (χ2v) is 4.61. The Kier molecular flexibility index (Phi) is 6.71. The molecule has 4 nitrogen and oxygen atoms in total. The van der Waals surface area contributed by atoms with Crippen molar-refractivity contribution in [3.05, 3.63) is 35.1 Å². The summed E-state index contributed by atoms with van der Waals surface area (Å²) in [7, 11) is 3.92. The average Bonchev–Trinajstić information content (AvgIpc) is 2.42. The molecule has 1 rings (SSSR count). The molecule has 5 heteroatoms. The van der Waals surface area contributed by atoms with Crippen LogP contribution in [0, 0.1) is 17.7 Å². The lowest BCUT2D eigenvalue weighted by molar-refractivity contribution is 0.0948. The molecule has 108 valence electrons. The number of nitrogens with one attached hydrogen (secondary N) is 1. The molecule has 0 saturated carbocycles. The van der Waals surface area contributed by atoms with Crippen LogP contribution in [0.1, 0.15) is 22.3 Å². The van der Waals surface area contributed by atoms with E-state index >= 15 is 0 Å². The van der Waals surface area contributed by atoms with Gasteiger partial charge < -0.3 is 16.0 Å². The first-order valence-corrected chi connectivity index (χ1v) is 6.46. The summed E-state index contributed by atoms with van der Waals surface area (Å²) < 4.78 is 13.6. The Morgan fingerprint density at radius 3 is 2.85 bits per heavy atom. The molecule has 0 atom stereocenters. The quantitative estimate of drug-likeness (QED) is 0.619. The maximum Gasteiger partial charge on any atom is 0.254 e. The van der Waals surface area contributed by atoms with Crippen LogP contribution in [0.15, 0.2) is 18.2 Å². The van der Waals surface area contributed by atoms with Gasteiger partial charge in [0.05, 0.1) is 12.1 Å². The van der Waals surface area contributed by atoms with E-state index in [9.17, 15) is 9.18 Å². The standard InChI is InChI=1S/C15H20FN3O/c1-19(2)10-4-9-18-15(20)13-11-12(5-3-8-17)6-7-14(13)16/h6-7,11H,4,8-10,17H2,1-2H3,(H,18,20). The van der Waals surface area contributed by atoms with Crippen molar-refractivity contribution < 1.29 is 9.18 Å². The molecule has 0 saturated heterocycles. The van der Waals surface area contributed by atoms with Gasteiger partial charge in [0.1, 0.15) is 5.82 Å². The van der Waals surface area contributed by atoms with E-state index in [1.54, 1.807) is 0 Å². The third-order valence-corrected chi connectivity index (χ3v) is 2.61. The van der Waals surface area contributed by atoms with Crippen LogP contribution >= 0.6 is 0 Å². The topological polar surface area (TPSA) is 58.4 Å². The smallest absolute Gasteiger partial charge is 0.254 e. The number of nitrogens with zero attached hydrogens (tertiary/aromatic N) is 1. The highest BCUT2D eigenvalue weighted by Crippen LogP contribution is 2.10. The summed E-state index contributed by atoms with van der Waals surface area (Å²) in [5, 5.41) is 2.70. The van der Waals surface area contributed by atoms with Crippen molar-refractivity contribution in [1.82, 2.24) is 10.2 Å². The number of hydrogen-bond acceptors (Lipinski definition) is 3. The van der Waals surface area contributed by atoms with E-state index in [0.29, 0.717) is 12.1 Å². The van der Waals surface area contributed by atoms with Crippen molar-refractivity contribution in [3.63, 3.8) is 0 Å². The number of carbonyl (C=O) groups excluding carboxylic acids is 1. The Balaban J connectivity index is 2.67. The Labute approximate surface area is 119 Å². The van der Waals surface area contributed by atoms with E-state index in [0.717, 1.165) is 13.0 Å². The van der Waals surface area contributed by atoms with Crippen LogP contribution in [0.3, 0.4) is 0 Å². The van der Waals surface area contributed by atoms with Crippen LogP contribution in [0.25, 0.3) is 0 Å². The summed E-state index contributed by atoms with van der Waals surface area (Å²) in [6, 6.07) is 4.22. The third kappa shape index (κ3) is 5.39. The predicted octanol–water partition coefficient (Wildman–Crippen LogP) is 0.817. The van der Waals surface area contributed by atoms with E-state index in [1.165, 1.54) is 18.2 Å². The molecular weight excluding hydrogens is 257 g/mol. The average molecular weight is 277 g/mol. The fourth-order valence-corrected chi connectivity index (χ4v) is 1.62. The van der Waals surface area contributed by atoms with Gasteiger partial charge in [-0.2, -0.15) is 0 Å². The minimum atomic E-state index is -0.548. The van der Waals surface area contributed by atoms with Gasteiger partial charge in [0, 0.05) is 12.1 Å². The molecule has 1 aromatic carbocycles. The number of hydrogen-bond donors (Lipinski definition) is 2. The van der Waals surface area contributed by atoms with Crippen LogP contribution < -0.4 is 11.1 Å². The number of benzene rings is 1. The monoisotopic (exact) mass is 277 g/mol. The highest BCUT2D eigenvalue weighted by molar-refractivity contribution is 5.94. The Hall–Kier alpha value is -1.90. The van der Waals surface area contributed by atoms with Crippen LogP contribution in [-0.2, 0) is 0 Å². The molecule has 1 amide bonds. The number of amides is 1. The van der Waals surface area contributed by atoms with Crippen molar-refractivity contribution in [2.45, 2.75) is 6.42 Å². The fourth-order valence-electron chi connectivity index (χ4n) is 1.62. The Morgan fingerprint density at radius 1 is 1.45 bits per heavy atom. The van der Waals surface area contributed by atoms with Crippen LogP contribution in [0.2, 0.25) is 0 Å². The van der Waals surface area contributed by atoms with Gasteiger partial charge in [0.25, 0.3) is 5.91 Å². The molecule has 0 unspecified atom stereocenters. The zero-order valence-electron chi connectivity index (χ0n) is 11.9. The zero-order valence-corrected chi connectivity index (χ0v) is 11.9. The minimum Gasteiger partial charge on any atom is -0.352 e. The highest BCUT2D eigenvalue weighted by atomic mass is 19.1.